The first-order chi connectivity index (χ1) is 27.6. The zero-order chi connectivity index (χ0) is 38.1. The SMILES string of the molecule is Bc1ccc(-c2ccc(C/N=C(\N=C(/N=C)C3=CC(c4ccccc4)CC(c4ccccc4)=C3)c3cc(-c4ccccc4)cc(-c4ccccc4)c3)cn2)cc1. The fourth-order valence-corrected chi connectivity index (χ4v) is 7.13. The number of aromatic nitrogens is 1. The Bertz CT molecular complexity index is 2500. The molecule has 0 aliphatic heterocycles. The average molecular weight is 721 g/mol. The molecule has 1 atom stereocenters. The second-order valence-corrected chi connectivity index (χ2v) is 14.1. The molecule has 0 saturated carbocycles. The van der Waals surface area contributed by atoms with Crippen molar-refractivity contribution in [2.75, 3.05) is 0 Å². The van der Waals surface area contributed by atoms with Crippen LogP contribution in [0.2, 0.25) is 0 Å². The molecule has 6 aromatic carbocycles. The van der Waals surface area contributed by atoms with Gasteiger partial charge in [0.1, 0.15) is 7.85 Å². The third kappa shape index (κ3) is 8.54. The first-order valence-electron chi connectivity index (χ1n) is 19.0. The summed E-state index contributed by atoms with van der Waals surface area (Å²) in [4.78, 5) is 20.0. The lowest BCUT2D eigenvalue weighted by Gasteiger charge is -2.23. The molecule has 268 valence electrons. The summed E-state index contributed by atoms with van der Waals surface area (Å²) in [6, 6.07) is 61.3. The molecule has 7 aromatic rings. The number of pyridine rings is 1. The highest BCUT2D eigenvalue weighted by Gasteiger charge is 2.21. The van der Waals surface area contributed by atoms with Crippen LogP contribution in [0.1, 0.15) is 34.6 Å². The van der Waals surface area contributed by atoms with Crippen molar-refractivity contribution in [2.45, 2.75) is 18.9 Å². The maximum absolute atomic E-state index is 5.31. The van der Waals surface area contributed by atoms with Gasteiger partial charge in [-0.05, 0) is 88.0 Å². The number of allylic oxidation sites excluding steroid dienone is 2. The molecule has 0 spiro atoms. The molecule has 8 rings (SSSR count). The van der Waals surface area contributed by atoms with E-state index in [-0.39, 0.29) is 5.92 Å². The summed E-state index contributed by atoms with van der Waals surface area (Å²) in [7, 11) is 2.09. The third-order valence-corrected chi connectivity index (χ3v) is 10.1. The second-order valence-electron chi connectivity index (χ2n) is 14.1. The van der Waals surface area contributed by atoms with Crippen molar-refractivity contribution >= 4 is 37.3 Å². The fourth-order valence-electron chi connectivity index (χ4n) is 7.13. The Morgan fingerprint density at radius 2 is 1.20 bits per heavy atom. The Balaban J connectivity index is 1.26. The van der Waals surface area contributed by atoms with E-state index in [9.17, 15) is 0 Å². The average Bonchev–Trinajstić information content (AvgIpc) is 3.28. The van der Waals surface area contributed by atoms with Crippen LogP contribution in [0.5, 0.6) is 0 Å². The summed E-state index contributed by atoms with van der Waals surface area (Å²) in [5.74, 6) is 1.24. The van der Waals surface area contributed by atoms with E-state index in [1.54, 1.807) is 0 Å². The van der Waals surface area contributed by atoms with Gasteiger partial charge in [0, 0.05) is 28.8 Å². The molecule has 0 amide bonds. The van der Waals surface area contributed by atoms with Crippen LogP contribution in [0.4, 0.5) is 0 Å². The highest BCUT2D eigenvalue weighted by atomic mass is 15.0. The molecular weight excluding hydrogens is 679 g/mol. The molecule has 4 nitrogen and oxygen atoms in total. The van der Waals surface area contributed by atoms with E-state index in [2.05, 4.69) is 196 Å². The Morgan fingerprint density at radius 1 is 0.607 bits per heavy atom. The van der Waals surface area contributed by atoms with Gasteiger partial charge in [0.2, 0.25) is 0 Å². The summed E-state index contributed by atoms with van der Waals surface area (Å²) in [5, 5.41) is 0. The van der Waals surface area contributed by atoms with E-state index in [1.807, 2.05) is 18.3 Å². The van der Waals surface area contributed by atoms with Gasteiger partial charge in [-0.15, -0.1) is 0 Å². The first kappa shape index (κ1) is 36.0. The normalized spacial score (nSPS) is 14.5. The predicted molar refractivity (Wildman–Crippen MR) is 239 cm³/mol. The summed E-state index contributed by atoms with van der Waals surface area (Å²) in [5.41, 5.74) is 14.1. The van der Waals surface area contributed by atoms with Crippen LogP contribution in [-0.4, -0.2) is 31.2 Å². The smallest absolute Gasteiger partial charge is 0.160 e. The van der Waals surface area contributed by atoms with Gasteiger partial charge >= 0.3 is 0 Å². The predicted octanol–water partition coefficient (Wildman–Crippen LogP) is 10.6. The standard InChI is InChI=1S/C51H41BN4/c1-53-50(46-30-42(37-14-6-2-7-15-37)28-43(31-46)38-16-8-3-9-17-38)56-51(55-35-36-22-27-49(54-34-36)41-23-25-48(52)26-24-41)47-32-44(39-18-10-4-11-19-39)29-45(33-47)40-20-12-5-13-21-40/h2-27,29-34,42H,1,28,35,52H2/b55-51-,56-50-. The highest BCUT2D eigenvalue weighted by Crippen LogP contribution is 2.37. The molecule has 0 saturated heterocycles. The van der Waals surface area contributed by atoms with Gasteiger partial charge in [0.15, 0.2) is 11.7 Å². The lowest BCUT2D eigenvalue weighted by Crippen LogP contribution is -2.11. The minimum absolute atomic E-state index is 0.142. The molecule has 1 heterocycles. The van der Waals surface area contributed by atoms with Gasteiger partial charge in [0.05, 0.1) is 12.2 Å². The van der Waals surface area contributed by atoms with E-state index in [1.165, 1.54) is 22.2 Å². The number of hydrogen-bond donors (Lipinski definition) is 0. The number of benzene rings is 6. The number of hydrogen-bond acceptors (Lipinski definition) is 2. The van der Waals surface area contributed by atoms with Gasteiger partial charge in [-0.3, -0.25) is 9.98 Å². The van der Waals surface area contributed by atoms with Gasteiger partial charge in [-0.1, -0.05) is 163 Å². The Hall–Kier alpha value is -6.98. The molecule has 0 N–H and O–H groups in total. The molecule has 0 fully saturated rings. The van der Waals surface area contributed by atoms with E-state index >= 15 is 0 Å². The van der Waals surface area contributed by atoms with Crippen LogP contribution >= 0.6 is 0 Å². The number of nitrogens with zero attached hydrogens (tertiary/aromatic N) is 4. The number of amidine groups is 2. The molecule has 1 aliphatic rings. The topological polar surface area (TPSA) is 50.0 Å². The molecule has 5 heteroatoms. The van der Waals surface area contributed by atoms with Crippen LogP contribution in [0.3, 0.4) is 0 Å². The Morgan fingerprint density at radius 3 is 1.77 bits per heavy atom. The lowest BCUT2D eigenvalue weighted by molar-refractivity contribution is 0.863. The Kier molecular flexibility index (Phi) is 10.9. The lowest BCUT2D eigenvalue weighted by atomic mass is 9.82. The van der Waals surface area contributed by atoms with Crippen molar-refractivity contribution < 1.29 is 0 Å². The van der Waals surface area contributed by atoms with Crippen molar-refractivity contribution in [1.82, 2.24) is 4.98 Å². The van der Waals surface area contributed by atoms with Crippen molar-refractivity contribution in [3.63, 3.8) is 0 Å². The molecule has 56 heavy (non-hydrogen) atoms. The number of aliphatic imine (C=N–C) groups is 3. The van der Waals surface area contributed by atoms with Crippen LogP contribution in [-0.2, 0) is 6.54 Å². The summed E-state index contributed by atoms with van der Waals surface area (Å²) in [6.07, 6.45) is 7.26. The van der Waals surface area contributed by atoms with Gasteiger partial charge < -0.3 is 0 Å². The van der Waals surface area contributed by atoms with E-state index < -0.39 is 0 Å². The fraction of sp³-hybridized carbons (Fsp3) is 0.0588. The molecule has 0 radical (unpaired) electrons. The van der Waals surface area contributed by atoms with Crippen molar-refractivity contribution in [3.8, 4) is 33.5 Å². The number of rotatable bonds is 9. The van der Waals surface area contributed by atoms with E-state index in [0.717, 1.165) is 56.6 Å². The van der Waals surface area contributed by atoms with Crippen LogP contribution in [0.25, 0.3) is 39.1 Å². The molecular formula is C51H41BN4. The largest absolute Gasteiger partial charge is 0.261 e. The molecule has 1 unspecified atom stereocenters. The zero-order valence-electron chi connectivity index (χ0n) is 31.5. The van der Waals surface area contributed by atoms with Gasteiger partial charge in [-0.2, -0.15) is 0 Å². The maximum atomic E-state index is 5.31. The van der Waals surface area contributed by atoms with E-state index in [4.69, 9.17) is 15.0 Å². The van der Waals surface area contributed by atoms with E-state index in [0.29, 0.717) is 18.2 Å². The van der Waals surface area contributed by atoms with Crippen LogP contribution < -0.4 is 5.46 Å². The maximum Gasteiger partial charge on any atom is 0.160 e. The molecule has 1 aliphatic carbocycles. The van der Waals surface area contributed by atoms with Crippen molar-refractivity contribution in [1.29, 1.82) is 0 Å². The van der Waals surface area contributed by atoms with Crippen LogP contribution in [0, 0.1) is 0 Å². The minimum Gasteiger partial charge on any atom is -0.261 e. The molecule has 0 bridgehead atoms. The quantitative estimate of drug-likeness (QED) is 0.0832. The second kappa shape index (κ2) is 17.0. The highest BCUT2D eigenvalue weighted by molar-refractivity contribution is 6.32. The van der Waals surface area contributed by atoms with Gasteiger partial charge in [0.25, 0.3) is 0 Å². The van der Waals surface area contributed by atoms with Crippen LogP contribution in [0.15, 0.2) is 215 Å². The Labute approximate surface area is 330 Å². The minimum atomic E-state index is 0.142. The van der Waals surface area contributed by atoms with Gasteiger partial charge in [-0.25, -0.2) is 9.98 Å². The molecule has 1 aromatic heterocycles. The van der Waals surface area contributed by atoms with Crippen molar-refractivity contribution in [3.05, 3.63) is 222 Å². The summed E-state index contributed by atoms with van der Waals surface area (Å²) >= 11 is 0. The summed E-state index contributed by atoms with van der Waals surface area (Å²) < 4.78 is 0. The third-order valence-electron chi connectivity index (χ3n) is 10.1. The monoisotopic (exact) mass is 720 g/mol. The zero-order valence-corrected chi connectivity index (χ0v) is 31.5. The summed E-state index contributed by atoms with van der Waals surface area (Å²) in [6.45, 7) is 4.44. The van der Waals surface area contributed by atoms with Crippen molar-refractivity contribution in [2.24, 2.45) is 15.0 Å². The first-order valence-corrected chi connectivity index (χ1v) is 19.0.